The quantitative estimate of drug-likeness (QED) is 0.691. The molecule has 0 saturated heterocycles. The first kappa shape index (κ1) is 10.6. The Morgan fingerprint density at radius 1 is 1.39 bits per heavy atom. The summed E-state index contributed by atoms with van der Waals surface area (Å²) in [5.74, 6) is 0.619. The lowest BCUT2D eigenvalue weighted by molar-refractivity contribution is 0.277. The normalized spacial score (nSPS) is 42.6. The summed E-state index contributed by atoms with van der Waals surface area (Å²) < 4.78 is 0. The second-order valence-electron chi connectivity index (χ2n) is 6.27. The van der Waals surface area contributed by atoms with Crippen molar-refractivity contribution >= 4 is 6.21 Å². The van der Waals surface area contributed by atoms with E-state index >= 15 is 0 Å². The molecule has 2 aliphatic carbocycles. The van der Waals surface area contributed by atoms with Crippen LogP contribution in [-0.2, 0) is 0 Å². The minimum atomic E-state index is 0.144. The van der Waals surface area contributed by atoms with Crippen molar-refractivity contribution < 1.29 is 0 Å². The van der Waals surface area contributed by atoms with E-state index in [-0.39, 0.29) is 5.41 Å². The highest BCUT2D eigenvalue weighted by Crippen LogP contribution is 2.52. The fourth-order valence-corrected chi connectivity index (χ4v) is 4.19. The van der Waals surface area contributed by atoms with Gasteiger partial charge in [0.15, 0.2) is 0 Å². The average molecular weight is 240 g/mol. The molecule has 18 heavy (non-hydrogen) atoms. The van der Waals surface area contributed by atoms with E-state index in [1.54, 1.807) is 11.1 Å². The van der Waals surface area contributed by atoms with Crippen molar-refractivity contribution in [3.05, 3.63) is 34.6 Å². The zero-order valence-electron chi connectivity index (χ0n) is 11.2. The Morgan fingerprint density at radius 3 is 3.17 bits per heavy atom. The molecule has 2 heteroatoms. The number of rotatable bonds is 0. The molecule has 0 saturated carbocycles. The average Bonchev–Trinajstić information content (AvgIpc) is 2.75. The minimum absolute atomic E-state index is 0.144. The van der Waals surface area contributed by atoms with Crippen LogP contribution in [-0.4, -0.2) is 18.8 Å². The third kappa shape index (κ3) is 1.16. The molecule has 94 valence electrons. The Kier molecular flexibility index (Phi) is 1.98. The SMILES string of the molecule is CC1C2CC3=C(CCC4=C3/C=C\CN=CC41C)N2. The summed E-state index contributed by atoms with van der Waals surface area (Å²) in [4.78, 5) is 4.62. The van der Waals surface area contributed by atoms with Gasteiger partial charge in [-0.05, 0) is 36.3 Å². The fraction of sp³-hybridized carbons (Fsp3) is 0.562. The minimum Gasteiger partial charge on any atom is -0.385 e. The second-order valence-corrected chi connectivity index (χ2v) is 6.27. The van der Waals surface area contributed by atoms with Crippen LogP contribution in [0.4, 0.5) is 0 Å². The first-order valence-corrected chi connectivity index (χ1v) is 7.10. The van der Waals surface area contributed by atoms with Crippen molar-refractivity contribution in [2.75, 3.05) is 6.54 Å². The molecule has 0 aromatic rings. The van der Waals surface area contributed by atoms with E-state index in [2.05, 4.69) is 42.5 Å². The summed E-state index contributed by atoms with van der Waals surface area (Å²) in [6.45, 7) is 5.62. The molecule has 2 aliphatic heterocycles. The van der Waals surface area contributed by atoms with Crippen molar-refractivity contribution in [1.29, 1.82) is 0 Å². The Morgan fingerprint density at radius 2 is 2.28 bits per heavy atom. The highest BCUT2D eigenvalue weighted by Gasteiger charge is 2.47. The first-order chi connectivity index (χ1) is 8.70. The summed E-state index contributed by atoms with van der Waals surface area (Å²) in [6, 6.07) is 0.603. The van der Waals surface area contributed by atoms with E-state index in [0.29, 0.717) is 12.0 Å². The number of hydrogen-bond acceptors (Lipinski definition) is 2. The zero-order chi connectivity index (χ0) is 12.3. The van der Waals surface area contributed by atoms with Gasteiger partial charge in [-0.15, -0.1) is 0 Å². The molecule has 3 atom stereocenters. The van der Waals surface area contributed by atoms with Gasteiger partial charge in [0.2, 0.25) is 0 Å². The lowest BCUT2D eigenvalue weighted by Gasteiger charge is -2.41. The Balaban J connectivity index is 2.03. The van der Waals surface area contributed by atoms with Gasteiger partial charge >= 0.3 is 0 Å². The number of nitrogens with zero attached hydrogens (tertiary/aromatic N) is 1. The van der Waals surface area contributed by atoms with Crippen LogP contribution in [0.5, 0.6) is 0 Å². The summed E-state index contributed by atoms with van der Waals surface area (Å²) in [5, 5.41) is 3.78. The van der Waals surface area contributed by atoms with E-state index in [1.165, 1.54) is 30.5 Å². The topological polar surface area (TPSA) is 24.4 Å². The second kappa shape index (κ2) is 3.37. The molecule has 2 heterocycles. The van der Waals surface area contributed by atoms with Gasteiger partial charge < -0.3 is 5.32 Å². The van der Waals surface area contributed by atoms with Crippen LogP contribution in [0.25, 0.3) is 0 Å². The van der Waals surface area contributed by atoms with Gasteiger partial charge in [-0.1, -0.05) is 31.6 Å². The number of hydrogen-bond donors (Lipinski definition) is 1. The molecule has 0 aromatic heterocycles. The molecule has 5 bridgehead atoms. The zero-order valence-corrected chi connectivity index (χ0v) is 11.2. The Bertz CT molecular complexity index is 535. The van der Waals surface area contributed by atoms with Crippen LogP contribution in [0.2, 0.25) is 0 Å². The van der Waals surface area contributed by atoms with Gasteiger partial charge in [0.25, 0.3) is 0 Å². The largest absolute Gasteiger partial charge is 0.385 e. The van der Waals surface area contributed by atoms with Crippen LogP contribution < -0.4 is 5.32 Å². The Labute approximate surface area is 109 Å². The molecule has 1 N–H and O–H groups in total. The predicted molar refractivity (Wildman–Crippen MR) is 74.6 cm³/mol. The maximum Gasteiger partial charge on any atom is 0.0570 e. The van der Waals surface area contributed by atoms with Crippen LogP contribution in [0.1, 0.15) is 33.1 Å². The lowest BCUT2D eigenvalue weighted by Crippen LogP contribution is -2.43. The molecule has 3 unspecified atom stereocenters. The van der Waals surface area contributed by atoms with Crippen LogP contribution in [0, 0.1) is 11.3 Å². The summed E-state index contributed by atoms with van der Waals surface area (Å²) in [7, 11) is 0. The molecule has 0 amide bonds. The van der Waals surface area contributed by atoms with Gasteiger partial charge in [0.1, 0.15) is 0 Å². The lowest BCUT2D eigenvalue weighted by atomic mass is 9.67. The van der Waals surface area contributed by atoms with Gasteiger partial charge in [0, 0.05) is 23.4 Å². The molecule has 0 aromatic carbocycles. The molecule has 2 nitrogen and oxygen atoms in total. The van der Waals surface area contributed by atoms with Crippen molar-refractivity contribution in [2.24, 2.45) is 16.3 Å². The van der Waals surface area contributed by atoms with Crippen molar-refractivity contribution in [3.8, 4) is 0 Å². The molecule has 0 spiro atoms. The summed E-state index contributed by atoms with van der Waals surface area (Å²) in [6.07, 6.45) is 10.4. The third-order valence-corrected chi connectivity index (χ3v) is 5.48. The first-order valence-electron chi connectivity index (χ1n) is 7.10. The number of nitrogens with one attached hydrogen (secondary N) is 1. The van der Waals surface area contributed by atoms with Gasteiger partial charge in [-0.25, -0.2) is 0 Å². The molecule has 4 rings (SSSR count). The van der Waals surface area contributed by atoms with E-state index in [4.69, 9.17) is 0 Å². The molecule has 0 fully saturated rings. The number of allylic oxidation sites excluding steroid dienone is 4. The maximum atomic E-state index is 4.62. The smallest absolute Gasteiger partial charge is 0.0570 e. The third-order valence-electron chi connectivity index (χ3n) is 5.48. The van der Waals surface area contributed by atoms with E-state index in [1.807, 2.05) is 0 Å². The van der Waals surface area contributed by atoms with E-state index < -0.39 is 0 Å². The van der Waals surface area contributed by atoms with Crippen LogP contribution >= 0.6 is 0 Å². The van der Waals surface area contributed by atoms with Crippen molar-refractivity contribution in [2.45, 2.75) is 39.2 Å². The number of fused-ring (bicyclic) bond motifs is 1. The predicted octanol–water partition coefficient (Wildman–Crippen LogP) is 2.99. The van der Waals surface area contributed by atoms with E-state index in [9.17, 15) is 0 Å². The highest BCUT2D eigenvalue weighted by atomic mass is 15.0. The van der Waals surface area contributed by atoms with Gasteiger partial charge in [0.05, 0.1) is 6.54 Å². The fourth-order valence-electron chi connectivity index (χ4n) is 4.19. The molecular formula is C16H20N2. The molecule has 4 aliphatic rings. The van der Waals surface area contributed by atoms with Gasteiger partial charge in [-0.3, -0.25) is 4.99 Å². The highest BCUT2D eigenvalue weighted by molar-refractivity contribution is 5.75. The van der Waals surface area contributed by atoms with E-state index in [0.717, 1.165) is 6.54 Å². The monoisotopic (exact) mass is 240 g/mol. The Hall–Kier alpha value is -1.31. The van der Waals surface area contributed by atoms with Crippen molar-refractivity contribution in [1.82, 2.24) is 5.32 Å². The van der Waals surface area contributed by atoms with Gasteiger partial charge in [-0.2, -0.15) is 0 Å². The standard InChI is InChI=1S/C16H20N2/c1-10-15-8-12-11-4-3-7-17-9-16(10,2)13(11)5-6-14(12)18-15/h3-4,9-10,15,18H,5-8H2,1-2H3/b4-3-,17-9?. The van der Waals surface area contributed by atoms with Crippen LogP contribution in [0.3, 0.4) is 0 Å². The summed E-state index contributed by atoms with van der Waals surface area (Å²) in [5.41, 5.74) is 6.44. The molecular weight excluding hydrogens is 220 g/mol. The van der Waals surface area contributed by atoms with Crippen molar-refractivity contribution in [3.63, 3.8) is 0 Å². The maximum absolute atomic E-state index is 4.62. The molecule has 0 radical (unpaired) electrons. The van der Waals surface area contributed by atoms with Crippen LogP contribution in [0.15, 0.2) is 39.6 Å². The summed E-state index contributed by atoms with van der Waals surface area (Å²) >= 11 is 0. The number of aliphatic imine (C=N–C) groups is 1.